The molecule has 0 amide bonds. The molecule has 0 spiro atoms. The summed E-state index contributed by atoms with van der Waals surface area (Å²) in [4.78, 5) is 2.05. The minimum absolute atomic E-state index is 0.656. The first-order chi connectivity index (χ1) is 7.13. The smallest absolute Gasteiger partial charge is 0.162 e. The molecule has 84 valence electrons. The zero-order chi connectivity index (χ0) is 11.4. The van der Waals surface area contributed by atoms with Crippen LogP contribution in [-0.4, -0.2) is 27.8 Å². The van der Waals surface area contributed by atoms with E-state index in [4.69, 9.17) is 15.2 Å². The molecule has 0 saturated carbocycles. The van der Waals surface area contributed by atoms with Crippen LogP contribution in [0.3, 0.4) is 0 Å². The van der Waals surface area contributed by atoms with E-state index in [-0.39, 0.29) is 0 Å². The normalized spacial score (nSPS) is 9.87. The summed E-state index contributed by atoms with van der Waals surface area (Å²) in [5, 5.41) is 0. The van der Waals surface area contributed by atoms with Gasteiger partial charge in [-0.3, -0.25) is 0 Å². The molecule has 0 radical (unpaired) electrons. The molecule has 0 atom stereocenters. The zero-order valence-electron chi connectivity index (χ0n) is 9.70. The summed E-state index contributed by atoms with van der Waals surface area (Å²) in [6.45, 7) is 2.95. The molecule has 0 aliphatic carbocycles. The van der Waals surface area contributed by atoms with Gasteiger partial charge in [0.1, 0.15) is 0 Å². The van der Waals surface area contributed by atoms with Crippen molar-refractivity contribution in [2.75, 3.05) is 38.4 Å². The third-order valence-corrected chi connectivity index (χ3v) is 2.42. The standard InChI is InChI=1S/C11H18N2O2/c1-5-13(2)9-7-11(15-4)10(14-3)6-8(9)12/h6-7H,5,12H2,1-4H3. The molecule has 0 aliphatic heterocycles. The summed E-state index contributed by atoms with van der Waals surface area (Å²) in [5.74, 6) is 1.35. The fourth-order valence-electron chi connectivity index (χ4n) is 1.38. The Morgan fingerprint density at radius 2 is 1.73 bits per heavy atom. The Balaban J connectivity index is 3.19. The molecule has 15 heavy (non-hydrogen) atoms. The Hall–Kier alpha value is -1.58. The molecule has 4 heteroatoms. The fourth-order valence-corrected chi connectivity index (χ4v) is 1.38. The Bertz CT molecular complexity index is 340. The maximum atomic E-state index is 5.92. The van der Waals surface area contributed by atoms with Crippen molar-refractivity contribution in [1.29, 1.82) is 0 Å². The number of nitrogen functional groups attached to an aromatic ring is 1. The van der Waals surface area contributed by atoms with Gasteiger partial charge in [-0.15, -0.1) is 0 Å². The predicted molar refractivity (Wildman–Crippen MR) is 62.9 cm³/mol. The lowest BCUT2D eigenvalue weighted by molar-refractivity contribution is 0.355. The van der Waals surface area contributed by atoms with Crippen molar-refractivity contribution in [2.45, 2.75) is 6.92 Å². The van der Waals surface area contributed by atoms with E-state index in [0.717, 1.165) is 12.2 Å². The largest absolute Gasteiger partial charge is 0.493 e. The van der Waals surface area contributed by atoms with Gasteiger partial charge >= 0.3 is 0 Å². The molecular weight excluding hydrogens is 192 g/mol. The van der Waals surface area contributed by atoms with E-state index in [1.165, 1.54) is 0 Å². The summed E-state index contributed by atoms with van der Waals surface area (Å²) in [5.41, 5.74) is 7.57. The number of rotatable bonds is 4. The second-order valence-corrected chi connectivity index (χ2v) is 3.28. The predicted octanol–water partition coefficient (Wildman–Crippen LogP) is 1.74. The highest BCUT2D eigenvalue weighted by Gasteiger charge is 2.10. The minimum Gasteiger partial charge on any atom is -0.493 e. The van der Waals surface area contributed by atoms with Crippen LogP contribution in [0.15, 0.2) is 12.1 Å². The Morgan fingerprint density at radius 3 is 2.20 bits per heavy atom. The van der Waals surface area contributed by atoms with Crippen LogP contribution in [0.4, 0.5) is 11.4 Å². The van der Waals surface area contributed by atoms with Gasteiger partial charge in [0.2, 0.25) is 0 Å². The van der Waals surface area contributed by atoms with Crippen LogP contribution in [0.1, 0.15) is 6.92 Å². The monoisotopic (exact) mass is 210 g/mol. The number of hydrogen-bond donors (Lipinski definition) is 1. The lowest BCUT2D eigenvalue weighted by Crippen LogP contribution is -2.17. The van der Waals surface area contributed by atoms with Crippen LogP contribution in [0.25, 0.3) is 0 Å². The van der Waals surface area contributed by atoms with Crippen molar-refractivity contribution in [3.05, 3.63) is 12.1 Å². The topological polar surface area (TPSA) is 47.7 Å². The Labute approximate surface area is 90.6 Å². The zero-order valence-corrected chi connectivity index (χ0v) is 9.70. The first-order valence-corrected chi connectivity index (χ1v) is 4.86. The van der Waals surface area contributed by atoms with Gasteiger partial charge < -0.3 is 20.1 Å². The molecule has 4 nitrogen and oxygen atoms in total. The Morgan fingerprint density at radius 1 is 1.20 bits per heavy atom. The van der Waals surface area contributed by atoms with E-state index in [9.17, 15) is 0 Å². The van der Waals surface area contributed by atoms with Gasteiger partial charge in [0.15, 0.2) is 11.5 Å². The summed E-state index contributed by atoms with van der Waals surface area (Å²) in [6, 6.07) is 3.66. The second kappa shape index (κ2) is 4.77. The lowest BCUT2D eigenvalue weighted by atomic mass is 10.2. The number of nitrogens with zero attached hydrogens (tertiary/aromatic N) is 1. The van der Waals surface area contributed by atoms with Gasteiger partial charge in [0.05, 0.1) is 25.6 Å². The van der Waals surface area contributed by atoms with Crippen LogP contribution < -0.4 is 20.1 Å². The van der Waals surface area contributed by atoms with E-state index in [0.29, 0.717) is 17.2 Å². The Kier molecular flexibility index (Phi) is 3.66. The molecular formula is C11H18N2O2. The summed E-state index contributed by atoms with van der Waals surface area (Å²) in [6.07, 6.45) is 0. The van der Waals surface area contributed by atoms with Crippen LogP contribution in [0.2, 0.25) is 0 Å². The van der Waals surface area contributed by atoms with Crippen LogP contribution in [0.5, 0.6) is 11.5 Å². The van der Waals surface area contributed by atoms with Gasteiger partial charge in [0, 0.05) is 25.7 Å². The molecule has 1 aromatic rings. The minimum atomic E-state index is 0.656. The average molecular weight is 210 g/mol. The molecule has 0 aromatic heterocycles. The number of benzene rings is 1. The maximum Gasteiger partial charge on any atom is 0.162 e. The van der Waals surface area contributed by atoms with Crippen LogP contribution >= 0.6 is 0 Å². The first-order valence-electron chi connectivity index (χ1n) is 4.86. The molecule has 1 rings (SSSR count). The number of hydrogen-bond acceptors (Lipinski definition) is 4. The van der Waals surface area contributed by atoms with E-state index in [1.807, 2.05) is 13.1 Å². The molecule has 1 aromatic carbocycles. The van der Waals surface area contributed by atoms with Crippen molar-refractivity contribution >= 4 is 11.4 Å². The van der Waals surface area contributed by atoms with Gasteiger partial charge in [-0.1, -0.05) is 0 Å². The molecule has 0 unspecified atom stereocenters. The average Bonchev–Trinajstić information content (AvgIpc) is 2.27. The van der Waals surface area contributed by atoms with E-state index in [1.54, 1.807) is 20.3 Å². The molecule has 0 heterocycles. The summed E-state index contributed by atoms with van der Waals surface area (Å²) < 4.78 is 10.4. The van der Waals surface area contributed by atoms with E-state index < -0.39 is 0 Å². The van der Waals surface area contributed by atoms with Gasteiger partial charge in [-0.05, 0) is 6.92 Å². The van der Waals surface area contributed by atoms with Crippen molar-refractivity contribution in [3.63, 3.8) is 0 Å². The van der Waals surface area contributed by atoms with Gasteiger partial charge in [-0.25, -0.2) is 0 Å². The van der Waals surface area contributed by atoms with Gasteiger partial charge in [-0.2, -0.15) is 0 Å². The van der Waals surface area contributed by atoms with Crippen molar-refractivity contribution in [2.24, 2.45) is 0 Å². The molecule has 0 bridgehead atoms. The molecule has 0 fully saturated rings. The highest BCUT2D eigenvalue weighted by Crippen LogP contribution is 2.36. The van der Waals surface area contributed by atoms with E-state index >= 15 is 0 Å². The van der Waals surface area contributed by atoms with Gasteiger partial charge in [0.25, 0.3) is 0 Å². The fraction of sp³-hybridized carbons (Fsp3) is 0.455. The van der Waals surface area contributed by atoms with Crippen molar-refractivity contribution in [3.8, 4) is 11.5 Å². The third-order valence-electron chi connectivity index (χ3n) is 2.42. The lowest BCUT2D eigenvalue weighted by Gasteiger charge is -2.20. The molecule has 0 aliphatic rings. The second-order valence-electron chi connectivity index (χ2n) is 3.28. The number of methoxy groups -OCH3 is 2. The highest BCUT2D eigenvalue weighted by atomic mass is 16.5. The van der Waals surface area contributed by atoms with E-state index in [2.05, 4.69) is 11.8 Å². The summed E-state index contributed by atoms with van der Waals surface area (Å²) >= 11 is 0. The first kappa shape index (κ1) is 11.5. The maximum absolute atomic E-state index is 5.92. The number of ether oxygens (including phenoxy) is 2. The molecule has 0 saturated heterocycles. The summed E-state index contributed by atoms with van der Waals surface area (Å²) in [7, 11) is 5.20. The van der Waals surface area contributed by atoms with Crippen LogP contribution in [0, 0.1) is 0 Å². The number of nitrogens with two attached hydrogens (primary N) is 1. The highest BCUT2D eigenvalue weighted by molar-refractivity contribution is 5.72. The SMILES string of the molecule is CCN(C)c1cc(OC)c(OC)cc1N. The van der Waals surface area contributed by atoms with Crippen LogP contribution in [-0.2, 0) is 0 Å². The molecule has 2 N–H and O–H groups in total. The van der Waals surface area contributed by atoms with Crippen molar-refractivity contribution in [1.82, 2.24) is 0 Å². The van der Waals surface area contributed by atoms with Crippen molar-refractivity contribution < 1.29 is 9.47 Å². The third kappa shape index (κ3) is 2.26. The number of anilines is 2. The quantitative estimate of drug-likeness (QED) is 0.769.